The molecular formula is C19H19ClN4. The lowest BCUT2D eigenvalue weighted by Crippen LogP contribution is -2.45. The maximum Gasteiger partial charge on any atom is 0.129 e. The standard InChI is InChI=1S/C19H19ClN4/c20-19-6-5-16(9-22-19)11-24-13-17-7-18(24)12-23(17)10-15-3-1-14(8-21)2-4-15/h1-6,9,17-18H,7,10-13H2. The molecule has 2 atom stereocenters. The smallest absolute Gasteiger partial charge is 0.129 e. The van der Waals surface area contributed by atoms with Gasteiger partial charge >= 0.3 is 0 Å². The zero-order valence-electron chi connectivity index (χ0n) is 13.4. The number of pyridine rings is 1. The summed E-state index contributed by atoms with van der Waals surface area (Å²) in [4.78, 5) is 9.31. The van der Waals surface area contributed by atoms with Gasteiger partial charge in [0.15, 0.2) is 0 Å². The normalized spacial score (nSPS) is 23.5. The molecule has 0 spiro atoms. The van der Waals surface area contributed by atoms with E-state index in [9.17, 15) is 0 Å². The summed E-state index contributed by atoms with van der Waals surface area (Å²) >= 11 is 5.86. The molecule has 4 rings (SSSR count). The van der Waals surface area contributed by atoms with E-state index in [0.29, 0.717) is 17.2 Å². The number of benzene rings is 1. The van der Waals surface area contributed by atoms with Crippen LogP contribution >= 0.6 is 11.6 Å². The molecule has 122 valence electrons. The van der Waals surface area contributed by atoms with Gasteiger partial charge in [-0.25, -0.2) is 4.98 Å². The molecule has 0 aliphatic carbocycles. The maximum absolute atomic E-state index is 8.89. The quantitative estimate of drug-likeness (QED) is 0.804. The molecular weight excluding hydrogens is 320 g/mol. The van der Waals surface area contributed by atoms with Crippen molar-refractivity contribution in [1.29, 1.82) is 5.26 Å². The van der Waals surface area contributed by atoms with Crippen LogP contribution in [0.2, 0.25) is 5.15 Å². The lowest BCUT2D eigenvalue weighted by molar-refractivity contribution is 0.118. The molecule has 2 fully saturated rings. The van der Waals surface area contributed by atoms with Crippen molar-refractivity contribution >= 4 is 11.6 Å². The van der Waals surface area contributed by atoms with Gasteiger partial charge in [-0.2, -0.15) is 5.26 Å². The second-order valence-corrected chi connectivity index (χ2v) is 7.09. The number of aromatic nitrogens is 1. The van der Waals surface area contributed by atoms with E-state index < -0.39 is 0 Å². The molecule has 1 aromatic carbocycles. The topological polar surface area (TPSA) is 43.2 Å². The maximum atomic E-state index is 8.89. The van der Waals surface area contributed by atoms with Crippen LogP contribution < -0.4 is 0 Å². The zero-order valence-corrected chi connectivity index (χ0v) is 14.2. The van der Waals surface area contributed by atoms with E-state index in [0.717, 1.165) is 31.7 Å². The average molecular weight is 339 g/mol. The molecule has 0 N–H and O–H groups in total. The van der Waals surface area contributed by atoms with E-state index in [1.165, 1.54) is 17.5 Å². The summed E-state index contributed by atoms with van der Waals surface area (Å²) in [5.74, 6) is 0. The molecule has 2 aromatic rings. The van der Waals surface area contributed by atoms with Gasteiger partial charge in [-0.1, -0.05) is 29.8 Å². The summed E-state index contributed by atoms with van der Waals surface area (Å²) in [5.41, 5.74) is 3.24. The second-order valence-electron chi connectivity index (χ2n) is 6.70. The van der Waals surface area contributed by atoms with E-state index in [2.05, 4.69) is 39.1 Å². The number of hydrogen-bond acceptors (Lipinski definition) is 4. The molecule has 0 radical (unpaired) electrons. The first-order valence-electron chi connectivity index (χ1n) is 8.29. The SMILES string of the molecule is N#Cc1ccc(CN2CC3CC2CN3Cc2ccc(Cl)nc2)cc1. The van der Waals surface area contributed by atoms with Crippen molar-refractivity contribution in [2.45, 2.75) is 31.6 Å². The van der Waals surface area contributed by atoms with Crippen LogP contribution in [0.15, 0.2) is 42.6 Å². The Kier molecular flexibility index (Phi) is 4.24. The molecule has 2 aliphatic heterocycles. The second kappa shape index (κ2) is 6.52. The van der Waals surface area contributed by atoms with Crippen LogP contribution in [0.3, 0.4) is 0 Å². The predicted molar refractivity (Wildman–Crippen MR) is 93.4 cm³/mol. The number of nitrogens with zero attached hydrogens (tertiary/aromatic N) is 4. The first-order chi connectivity index (χ1) is 11.7. The van der Waals surface area contributed by atoms with Crippen molar-refractivity contribution in [1.82, 2.24) is 14.8 Å². The van der Waals surface area contributed by atoms with Crippen molar-refractivity contribution in [3.05, 3.63) is 64.4 Å². The van der Waals surface area contributed by atoms with Gasteiger partial charge in [-0.3, -0.25) is 9.80 Å². The minimum Gasteiger partial charge on any atom is -0.293 e. The first kappa shape index (κ1) is 15.6. The van der Waals surface area contributed by atoms with E-state index in [4.69, 9.17) is 16.9 Å². The molecule has 2 bridgehead atoms. The zero-order chi connectivity index (χ0) is 16.5. The summed E-state index contributed by atoms with van der Waals surface area (Å²) in [5, 5.41) is 9.44. The third-order valence-electron chi connectivity index (χ3n) is 5.11. The van der Waals surface area contributed by atoms with Gasteiger partial charge in [-0.05, 0) is 35.7 Å². The van der Waals surface area contributed by atoms with Crippen LogP contribution in [-0.2, 0) is 13.1 Å². The minimum atomic E-state index is 0.551. The van der Waals surface area contributed by atoms with Crippen LogP contribution in [0.25, 0.3) is 0 Å². The third-order valence-corrected chi connectivity index (χ3v) is 5.33. The molecule has 5 heteroatoms. The Morgan fingerprint density at radius 2 is 1.62 bits per heavy atom. The molecule has 24 heavy (non-hydrogen) atoms. The Hall–Kier alpha value is -1.93. The number of piperazine rings is 1. The van der Waals surface area contributed by atoms with Gasteiger partial charge in [0, 0.05) is 44.5 Å². The number of rotatable bonds is 4. The molecule has 4 nitrogen and oxygen atoms in total. The van der Waals surface area contributed by atoms with Gasteiger partial charge in [0.2, 0.25) is 0 Å². The van der Waals surface area contributed by atoms with Crippen LogP contribution in [0, 0.1) is 11.3 Å². The lowest BCUT2D eigenvalue weighted by Gasteiger charge is -2.34. The van der Waals surface area contributed by atoms with E-state index >= 15 is 0 Å². The van der Waals surface area contributed by atoms with Crippen LogP contribution in [0.5, 0.6) is 0 Å². The first-order valence-corrected chi connectivity index (χ1v) is 8.66. The fraction of sp³-hybridized carbons (Fsp3) is 0.368. The molecule has 1 aromatic heterocycles. The van der Waals surface area contributed by atoms with Gasteiger partial charge in [0.25, 0.3) is 0 Å². The largest absolute Gasteiger partial charge is 0.293 e. The van der Waals surface area contributed by atoms with Crippen molar-refractivity contribution in [2.24, 2.45) is 0 Å². The summed E-state index contributed by atoms with van der Waals surface area (Å²) in [6, 6.07) is 15.3. The van der Waals surface area contributed by atoms with Crippen molar-refractivity contribution < 1.29 is 0 Å². The average Bonchev–Trinajstić information content (AvgIpc) is 3.17. The number of likely N-dealkylation sites (tertiary alicyclic amines) is 2. The molecule has 0 amide bonds. The molecule has 3 heterocycles. The van der Waals surface area contributed by atoms with Gasteiger partial charge < -0.3 is 0 Å². The summed E-state index contributed by atoms with van der Waals surface area (Å²) in [6.07, 6.45) is 3.13. The van der Waals surface area contributed by atoms with Crippen LogP contribution in [0.1, 0.15) is 23.1 Å². The van der Waals surface area contributed by atoms with Crippen molar-refractivity contribution in [3.8, 4) is 6.07 Å². The number of fused-ring (bicyclic) bond motifs is 2. The predicted octanol–water partition coefficient (Wildman–Crippen LogP) is 3.07. The third kappa shape index (κ3) is 3.16. The molecule has 2 saturated heterocycles. The highest BCUT2D eigenvalue weighted by molar-refractivity contribution is 6.29. The fourth-order valence-electron chi connectivity index (χ4n) is 3.87. The van der Waals surface area contributed by atoms with Gasteiger partial charge in [0.1, 0.15) is 5.15 Å². The monoisotopic (exact) mass is 338 g/mol. The highest BCUT2D eigenvalue weighted by Gasteiger charge is 2.42. The Morgan fingerprint density at radius 3 is 2.17 bits per heavy atom. The van der Waals surface area contributed by atoms with Crippen LogP contribution in [0.4, 0.5) is 0 Å². The highest BCUT2D eigenvalue weighted by atomic mass is 35.5. The summed E-state index contributed by atoms with van der Waals surface area (Å²) in [7, 11) is 0. The lowest BCUT2D eigenvalue weighted by atomic mass is 10.1. The molecule has 2 unspecified atom stereocenters. The number of nitriles is 1. The Balaban J connectivity index is 1.35. The number of hydrogen-bond donors (Lipinski definition) is 0. The van der Waals surface area contributed by atoms with Crippen molar-refractivity contribution in [2.75, 3.05) is 13.1 Å². The number of halogens is 1. The van der Waals surface area contributed by atoms with E-state index in [1.807, 2.05) is 24.4 Å². The van der Waals surface area contributed by atoms with Crippen molar-refractivity contribution in [3.63, 3.8) is 0 Å². The molecule has 0 saturated carbocycles. The minimum absolute atomic E-state index is 0.551. The van der Waals surface area contributed by atoms with E-state index in [1.54, 1.807) is 0 Å². The van der Waals surface area contributed by atoms with E-state index in [-0.39, 0.29) is 0 Å². The highest BCUT2D eigenvalue weighted by Crippen LogP contribution is 2.32. The van der Waals surface area contributed by atoms with Crippen LogP contribution in [-0.4, -0.2) is 40.0 Å². The molecule has 2 aliphatic rings. The Bertz CT molecular complexity index is 750. The fourth-order valence-corrected chi connectivity index (χ4v) is 3.98. The van der Waals surface area contributed by atoms with Gasteiger partial charge in [0.05, 0.1) is 11.6 Å². The summed E-state index contributed by atoms with van der Waals surface area (Å²) < 4.78 is 0. The Morgan fingerprint density at radius 1 is 1.00 bits per heavy atom. The Labute approximate surface area is 147 Å². The van der Waals surface area contributed by atoms with Gasteiger partial charge in [-0.15, -0.1) is 0 Å². The summed E-state index contributed by atoms with van der Waals surface area (Å²) in [6.45, 7) is 4.16.